The summed E-state index contributed by atoms with van der Waals surface area (Å²) in [6.45, 7) is 2.36. The lowest BCUT2D eigenvalue weighted by Crippen LogP contribution is -2.34. The molecule has 2 heterocycles. The maximum absolute atomic E-state index is 13.4. The van der Waals surface area contributed by atoms with Crippen molar-refractivity contribution in [3.63, 3.8) is 0 Å². The number of benzene rings is 1. The molecule has 0 bridgehead atoms. The molecule has 2 aliphatic rings. The first-order valence-electron chi connectivity index (χ1n) is 9.13. The van der Waals surface area contributed by atoms with Crippen LogP contribution >= 0.6 is 0 Å². The van der Waals surface area contributed by atoms with Crippen LogP contribution in [0.1, 0.15) is 39.4 Å². The molecule has 26 heavy (non-hydrogen) atoms. The zero-order chi connectivity index (χ0) is 18.1. The highest BCUT2D eigenvalue weighted by Crippen LogP contribution is 2.27. The summed E-state index contributed by atoms with van der Waals surface area (Å²) in [7, 11) is 0. The molecule has 136 valence electrons. The highest BCUT2D eigenvalue weighted by Gasteiger charge is 2.25. The number of nitrogens with zero attached hydrogens (tertiary/aromatic N) is 2. The highest BCUT2D eigenvalue weighted by molar-refractivity contribution is 5.94. The molecule has 1 aromatic carbocycles. The molecule has 2 amide bonds. The van der Waals surface area contributed by atoms with Crippen molar-refractivity contribution >= 4 is 11.8 Å². The summed E-state index contributed by atoms with van der Waals surface area (Å²) in [6.07, 6.45) is 3.07. The lowest BCUT2D eigenvalue weighted by molar-refractivity contribution is 0.0758. The predicted octanol–water partition coefficient (Wildman–Crippen LogP) is 2.47. The molecule has 1 aliphatic carbocycles. The monoisotopic (exact) mass is 355 g/mol. The number of rotatable bonds is 4. The molecular formula is C20H22FN3O2. The van der Waals surface area contributed by atoms with E-state index < -0.39 is 5.82 Å². The van der Waals surface area contributed by atoms with Gasteiger partial charge in [-0.3, -0.25) is 9.59 Å². The van der Waals surface area contributed by atoms with E-state index in [0.29, 0.717) is 43.2 Å². The van der Waals surface area contributed by atoms with Crippen molar-refractivity contribution < 1.29 is 14.0 Å². The van der Waals surface area contributed by atoms with Crippen LogP contribution in [0.15, 0.2) is 36.4 Å². The Morgan fingerprint density at radius 2 is 1.96 bits per heavy atom. The maximum atomic E-state index is 13.4. The van der Waals surface area contributed by atoms with Crippen LogP contribution in [0.3, 0.4) is 0 Å². The van der Waals surface area contributed by atoms with Crippen molar-refractivity contribution in [2.75, 3.05) is 19.6 Å². The fourth-order valence-corrected chi connectivity index (χ4v) is 3.43. The second kappa shape index (κ2) is 6.94. The molecule has 5 nitrogen and oxygen atoms in total. The molecule has 0 unspecified atom stereocenters. The van der Waals surface area contributed by atoms with Crippen molar-refractivity contribution in [3.8, 4) is 0 Å². The van der Waals surface area contributed by atoms with E-state index in [9.17, 15) is 14.0 Å². The first-order chi connectivity index (χ1) is 12.6. The van der Waals surface area contributed by atoms with Gasteiger partial charge in [-0.25, -0.2) is 4.39 Å². The topological polar surface area (TPSA) is 54.3 Å². The zero-order valence-corrected chi connectivity index (χ0v) is 14.6. The largest absolute Gasteiger partial charge is 0.350 e. The third-order valence-electron chi connectivity index (χ3n) is 5.14. The SMILES string of the molecule is O=C(NCC1CC1)c1ccc2n1CCN(C(=O)c1cccc(F)c1)CC2. The second-order valence-electron chi connectivity index (χ2n) is 7.07. The van der Waals surface area contributed by atoms with Gasteiger partial charge in [0.25, 0.3) is 11.8 Å². The van der Waals surface area contributed by atoms with E-state index in [4.69, 9.17) is 0 Å². The van der Waals surface area contributed by atoms with Crippen molar-refractivity contribution in [1.82, 2.24) is 14.8 Å². The van der Waals surface area contributed by atoms with Crippen LogP contribution in [-0.4, -0.2) is 40.9 Å². The third-order valence-corrected chi connectivity index (χ3v) is 5.14. The molecule has 1 aliphatic heterocycles. The molecule has 1 N–H and O–H groups in total. The lowest BCUT2D eigenvalue weighted by atomic mass is 10.2. The number of fused-ring (bicyclic) bond motifs is 1. The third kappa shape index (κ3) is 3.49. The van der Waals surface area contributed by atoms with Gasteiger partial charge in [0.2, 0.25) is 0 Å². The van der Waals surface area contributed by atoms with Gasteiger partial charge in [-0.05, 0) is 49.1 Å². The van der Waals surface area contributed by atoms with Crippen molar-refractivity contribution in [3.05, 3.63) is 59.2 Å². The number of halogens is 1. The Morgan fingerprint density at radius 3 is 2.73 bits per heavy atom. The smallest absolute Gasteiger partial charge is 0.267 e. The lowest BCUT2D eigenvalue weighted by Gasteiger charge is -2.20. The van der Waals surface area contributed by atoms with Crippen molar-refractivity contribution in [2.45, 2.75) is 25.8 Å². The van der Waals surface area contributed by atoms with Crippen LogP contribution in [-0.2, 0) is 13.0 Å². The molecule has 2 aromatic rings. The first-order valence-corrected chi connectivity index (χ1v) is 9.13. The summed E-state index contributed by atoms with van der Waals surface area (Å²) >= 11 is 0. The van der Waals surface area contributed by atoms with Crippen LogP contribution in [0.4, 0.5) is 4.39 Å². The van der Waals surface area contributed by atoms with Gasteiger partial charge in [0, 0.05) is 43.9 Å². The van der Waals surface area contributed by atoms with E-state index in [1.54, 1.807) is 17.0 Å². The van der Waals surface area contributed by atoms with E-state index in [1.165, 1.54) is 25.0 Å². The van der Waals surface area contributed by atoms with Crippen molar-refractivity contribution in [1.29, 1.82) is 0 Å². The molecule has 1 saturated carbocycles. The number of aromatic nitrogens is 1. The van der Waals surface area contributed by atoms with Crippen LogP contribution < -0.4 is 5.32 Å². The van der Waals surface area contributed by atoms with Gasteiger partial charge in [-0.15, -0.1) is 0 Å². The zero-order valence-electron chi connectivity index (χ0n) is 14.6. The summed E-state index contributed by atoms with van der Waals surface area (Å²) in [5.74, 6) is 0.00601. The average molecular weight is 355 g/mol. The average Bonchev–Trinajstić information content (AvgIpc) is 3.42. The Labute approximate surface area is 151 Å². The summed E-state index contributed by atoms with van der Waals surface area (Å²) in [5.41, 5.74) is 2.07. The van der Waals surface area contributed by atoms with Gasteiger partial charge in [-0.2, -0.15) is 0 Å². The minimum Gasteiger partial charge on any atom is -0.350 e. The highest BCUT2D eigenvalue weighted by atomic mass is 19.1. The number of hydrogen-bond donors (Lipinski definition) is 1. The Kier molecular flexibility index (Phi) is 4.49. The first kappa shape index (κ1) is 16.8. The Hall–Kier alpha value is -2.63. The van der Waals surface area contributed by atoms with Gasteiger partial charge in [0.15, 0.2) is 0 Å². The molecule has 4 rings (SSSR count). The van der Waals surface area contributed by atoms with Crippen LogP contribution in [0.2, 0.25) is 0 Å². The maximum Gasteiger partial charge on any atom is 0.267 e. The van der Waals surface area contributed by atoms with Gasteiger partial charge in [-0.1, -0.05) is 6.07 Å². The minimum absolute atomic E-state index is 0.0481. The summed E-state index contributed by atoms with van der Waals surface area (Å²) in [5, 5.41) is 3.00. The molecular weight excluding hydrogens is 333 g/mol. The van der Waals surface area contributed by atoms with E-state index in [0.717, 1.165) is 12.2 Å². The summed E-state index contributed by atoms with van der Waals surface area (Å²) in [6, 6.07) is 9.60. The quantitative estimate of drug-likeness (QED) is 0.916. The molecule has 0 radical (unpaired) electrons. The predicted molar refractivity (Wildman–Crippen MR) is 95.5 cm³/mol. The van der Waals surface area contributed by atoms with E-state index in [1.807, 2.05) is 16.7 Å². The Morgan fingerprint density at radius 1 is 1.12 bits per heavy atom. The van der Waals surface area contributed by atoms with Crippen LogP contribution in [0, 0.1) is 11.7 Å². The van der Waals surface area contributed by atoms with Crippen molar-refractivity contribution in [2.24, 2.45) is 5.92 Å². The minimum atomic E-state index is -0.411. The van der Waals surface area contributed by atoms with Gasteiger partial charge in [0.1, 0.15) is 11.5 Å². The Bertz CT molecular complexity index is 841. The van der Waals surface area contributed by atoms with Gasteiger partial charge < -0.3 is 14.8 Å². The number of carbonyl (C=O) groups is 2. The number of hydrogen-bond acceptors (Lipinski definition) is 2. The molecule has 0 saturated heterocycles. The summed E-state index contributed by atoms with van der Waals surface area (Å²) < 4.78 is 15.4. The number of amides is 2. The normalized spacial score (nSPS) is 16.7. The molecule has 0 spiro atoms. The second-order valence-corrected chi connectivity index (χ2v) is 7.07. The van der Waals surface area contributed by atoms with Crippen LogP contribution in [0.5, 0.6) is 0 Å². The standard InChI is InChI=1S/C20H22FN3O2/c21-16-3-1-2-15(12-16)20(26)23-9-8-17-6-7-18(24(17)11-10-23)19(25)22-13-14-4-5-14/h1-3,6-7,12,14H,4-5,8-11,13H2,(H,22,25). The molecule has 1 fully saturated rings. The fourth-order valence-electron chi connectivity index (χ4n) is 3.43. The number of carbonyl (C=O) groups excluding carboxylic acids is 2. The summed E-state index contributed by atoms with van der Waals surface area (Å²) in [4.78, 5) is 26.8. The molecule has 0 atom stereocenters. The van der Waals surface area contributed by atoms with Gasteiger partial charge >= 0.3 is 0 Å². The van der Waals surface area contributed by atoms with Crippen LogP contribution in [0.25, 0.3) is 0 Å². The van der Waals surface area contributed by atoms with E-state index >= 15 is 0 Å². The number of nitrogens with one attached hydrogen (secondary N) is 1. The van der Waals surface area contributed by atoms with E-state index in [2.05, 4.69) is 5.32 Å². The Balaban J connectivity index is 1.45. The molecule has 6 heteroatoms. The molecule has 1 aromatic heterocycles. The van der Waals surface area contributed by atoms with E-state index in [-0.39, 0.29) is 11.8 Å². The fraction of sp³-hybridized carbons (Fsp3) is 0.400. The van der Waals surface area contributed by atoms with Gasteiger partial charge in [0.05, 0.1) is 0 Å².